The molecule has 0 amide bonds. The molecule has 18 heavy (non-hydrogen) atoms. The first-order valence-corrected chi connectivity index (χ1v) is 7.35. The minimum absolute atomic E-state index is 0.345. The van der Waals surface area contributed by atoms with Crippen LogP contribution in [0.3, 0.4) is 0 Å². The molecule has 0 aromatic heterocycles. The van der Waals surface area contributed by atoms with Gasteiger partial charge in [-0.3, -0.25) is 0 Å². The van der Waals surface area contributed by atoms with Crippen molar-refractivity contribution in [2.24, 2.45) is 5.92 Å². The molecule has 0 bridgehead atoms. The van der Waals surface area contributed by atoms with Gasteiger partial charge in [0.1, 0.15) is 5.54 Å². The van der Waals surface area contributed by atoms with Crippen molar-refractivity contribution >= 4 is 0 Å². The lowest BCUT2D eigenvalue weighted by molar-refractivity contribution is 0.126. The van der Waals surface area contributed by atoms with Crippen LogP contribution in [0.1, 0.15) is 52.9 Å². The monoisotopic (exact) mass is 251 g/mol. The molecule has 0 spiro atoms. The Morgan fingerprint density at radius 2 is 2.11 bits per heavy atom. The molecule has 3 nitrogen and oxygen atoms in total. The van der Waals surface area contributed by atoms with E-state index in [0.29, 0.717) is 0 Å². The van der Waals surface area contributed by atoms with E-state index in [0.717, 1.165) is 24.8 Å². The predicted octanol–water partition coefficient (Wildman–Crippen LogP) is 2.78. The lowest BCUT2D eigenvalue weighted by Crippen LogP contribution is -2.41. The number of hydrogen-bond donors (Lipinski definition) is 1. The number of nitrogens with zero attached hydrogens (tertiary/aromatic N) is 2. The van der Waals surface area contributed by atoms with Gasteiger partial charge in [-0.25, -0.2) is 0 Å². The number of rotatable bonds is 6. The molecule has 1 saturated heterocycles. The van der Waals surface area contributed by atoms with Gasteiger partial charge >= 0.3 is 0 Å². The fourth-order valence-electron chi connectivity index (χ4n) is 2.82. The van der Waals surface area contributed by atoms with Crippen LogP contribution in [0.2, 0.25) is 0 Å². The van der Waals surface area contributed by atoms with Gasteiger partial charge in [0.05, 0.1) is 6.07 Å². The minimum atomic E-state index is -0.345. The zero-order chi connectivity index (χ0) is 13.6. The topological polar surface area (TPSA) is 39.1 Å². The highest BCUT2D eigenvalue weighted by Gasteiger charge is 2.23. The van der Waals surface area contributed by atoms with E-state index in [2.05, 4.69) is 30.1 Å². The quantitative estimate of drug-likeness (QED) is 0.738. The second-order valence-electron chi connectivity index (χ2n) is 6.17. The van der Waals surface area contributed by atoms with Crippen LogP contribution >= 0.6 is 0 Å². The Hall–Kier alpha value is -0.590. The van der Waals surface area contributed by atoms with E-state index in [1.807, 2.05) is 14.0 Å². The first kappa shape index (κ1) is 15.5. The molecule has 0 aromatic rings. The molecule has 3 atom stereocenters. The highest BCUT2D eigenvalue weighted by molar-refractivity contribution is 5.02. The normalized spacial score (nSPS) is 28.6. The summed E-state index contributed by atoms with van der Waals surface area (Å²) >= 11 is 0. The molecule has 1 aliphatic rings. The number of nitrogens with one attached hydrogen (secondary N) is 1. The van der Waals surface area contributed by atoms with E-state index in [9.17, 15) is 0 Å². The number of hydrogen-bond acceptors (Lipinski definition) is 3. The van der Waals surface area contributed by atoms with Gasteiger partial charge in [-0.05, 0) is 72.0 Å². The second-order valence-corrected chi connectivity index (χ2v) is 6.17. The summed E-state index contributed by atoms with van der Waals surface area (Å²) in [5, 5.41) is 12.2. The van der Waals surface area contributed by atoms with Gasteiger partial charge in [0.15, 0.2) is 0 Å². The molecule has 0 aromatic carbocycles. The molecule has 0 aliphatic carbocycles. The highest BCUT2D eigenvalue weighted by atomic mass is 15.2. The van der Waals surface area contributed by atoms with E-state index in [4.69, 9.17) is 5.26 Å². The summed E-state index contributed by atoms with van der Waals surface area (Å²) in [6.07, 6.45) is 5.96. The van der Waals surface area contributed by atoms with E-state index < -0.39 is 0 Å². The SMILES string of the molecule is CNC(C)(C#N)CCCCN1CCC(C)CC1C. The molecular formula is C15H29N3. The third-order valence-electron chi connectivity index (χ3n) is 4.45. The molecule has 1 aliphatic heterocycles. The van der Waals surface area contributed by atoms with Crippen molar-refractivity contribution in [2.75, 3.05) is 20.1 Å². The van der Waals surface area contributed by atoms with Gasteiger partial charge in [-0.15, -0.1) is 0 Å². The lowest BCUT2D eigenvalue weighted by Gasteiger charge is -2.36. The van der Waals surface area contributed by atoms with Crippen LogP contribution in [0, 0.1) is 17.2 Å². The molecule has 104 valence electrons. The summed E-state index contributed by atoms with van der Waals surface area (Å²) in [5.74, 6) is 0.891. The van der Waals surface area contributed by atoms with Crippen molar-refractivity contribution in [1.29, 1.82) is 5.26 Å². The first-order valence-electron chi connectivity index (χ1n) is 7.35. The molecule has 3 unspecified atom stereocenters. The van der Waals surface area contributed by atoms with E-state index in [1.165, 1.54) is 32.4 Å². The molecule has 1 N–H and O–H groups in total. The summed E-state index contributed by atoms with van der Waals surface area (Å²) in [4.78, 5) is 2.61. The van der Waals surface area contributed by atoms with Gasteiger partial charge in [0, 0.05) is 6.04 Å². The summed E-state index contributed by atoms with van der Waals surface area (Å²) in [5.41, 5.74) is -0.345. The van der Waals surface area contributed by atoms with Crippen molar-refractivity contribution in [2.45, 2.75) is 64.5 Å². The fraction of sp³-hybridized carbons (Fsp3) is 0.933. The van der Waals surface area contributed by atoms with Gasteiger partial charge < -0.3 is 10.2 Å². The Balaban J connectivity index is 2.20. The molecule has 0 saturated carbocycles. The standard InChI is InChI=1S/C15H29N3/c1-13-7-10-18(14(2)11-13)9-6-5-8-15(3,12-16)17-4/h13-14,17H,5-11H2,1-4H3. The number of nitriles is 1. The summed E-state index contributed by atoms with van der Waals surface area (Å²) in [6, 6.07) is 3.09. The van der Waals surface area contributed by atoms with Gasteiger partial charge in [0.2, 0.25) is 0 Å². The summed E-state index contributed by atoms with van der Waals surface area (Å²) in [6.45, 7) is 9.14. The highest BCUT2D eigenvalue weighted by Crippen LogP contribution is 2.22. The maximum Gasteiger partial charge on any atom is 0.103 e. The largest absolute Gasteiger partial charge is 0.303 e. The maximum absolute atomic E-state index is 9.08. The smallest absolute Gasteiger partial charge is 0.103 e. The number of unbranched alkanes of at least 4 members (excludes halogenated alkanes) is 1. The maximum atomic E-state index is 9.08. The van der Waals surface area contributed by atoms with Crippen molar-refractivity contribution in [3.63, 3.8) is 0 Å². The zero-order valence-corrected chi connectivity index (χ0v) is 12.5. The average molecular weight is 251 g/mol. The summed E-state index contributed by atoms with van der Waals surface area (Å²) in [7, 11) is 1.87. The van der Waals surface area contributed by atoms with Crippen LogP contribution in [-0.2, 0) is 0 Å². The van der Waals surface area contributed by atoms with Gasteiger partial charge in [-0.2, -0.15) is 5.26 Å². The Labute approximate surface area is 113 Å². The molecule has 3 heteroatoms. The Bertz CT molecular complexity index is 284. The first-order chi connectivity index (χ1) is 8.50. The molecule has 0 radical (unpaired) electrons. The van der Waals surface area contributed by atoms with E-state index in [1.54, 1.807) is 0 Å². The number of piperidine rings is 1. The van der Waals surface area contributed by atoms with Crippen molar-refractivity contribution in [3.05, 3.63) is 0 Å². The fourth-order valence-corrected chi connectivity index (χ4v) is 2.82. The van der Waals surface area contributed by atoms with Crippen LogP contribution in [0.5, 0.6) is 0 Å². The van der Waals surface area contributed by atoms with Crippen molar-refractivity contribution < 1.29 is 0 Å². The molecule has 1 fully saturated rings. The molecular weight excluding hydrogens is 222 g/mol. The molecule has 1 rings (SSSR count). The third-order valence-corrected chi connectivity index (χ3v) is 4.45. The lowest BCUT2D eigenvalue weighted by atomic mass is 9.92. The molecule has 1 heterocycles. The van der Waals surface area contributed by atoms with Gasteiger partial charge in [-0.1, -0.05) is 6.92 Å². The summed E-state index contributed by atoms with van der Waals surface area (Å²) < 4.78 is 0. The minimum Gasteiger partial charge on any atom is -0.303 e. The van der Waals surface area contributed by atoms with Crippen LogP contribution < -0.4 is 5.32 Å². The van der Waals surface area contributed by atoms with Crippen LogP contribution in [-0.4, -0.2) is 36.6 Å². The van der Waals surface area contributed by atoms with E-state index in [-0.39, 0.29) is 5.54 Å². The Kier molecular flexibility index (Phi) is 6.11. The second kappa shape index (κ2) is 7.11. The van der Waals surface area contributed by atoms with Crippen LogP contribution in [0.25, 0.3) is 0 Å². The predicted molar refractivity (Wildman–Crippen MR) is 76.4 cm³/mol. The zero-order valence-electron chi connectivity index (χ0n) is 12.5. The van der Waals surface area contributed by atoms with Crippen molar-refractivity contribution in [3.8, 4) is 6.07 Å². The number of likely N-dealkylation sites (tertiary alicyclic amines) is 1. The Morgan fingerprint density at radius 1 is 1.39 bits per heavy atom. The van der Waals surface area contributed by atoms with Crippen LogP contribution in [0.4, 0.5) is 0 Å². The third kappa shape index (κ3) is 4.59. The van der Waals surface area contributed by atoms with Crippen molar-refractivity contribution in [1.82, 2.24) is 10.2 Å². The van der Waals surface area contributed by atoms with E-state index >= 15 is 0 Å². The average Bonchev–Trinajstić information content (AvgIpc) is 2.36. The van der Waals surface area contributed by atoms with Crippen LogP contribution in [0.15, 0.2) is 0 Å². The van der Waals surface area contributed by atoms with Gasteiger partial charge in [0.25, 0.3) is 0 Å². The Morgan fingerprint density at radius 3 is 2.67 bits per heavy atom.